The van der Waals surface area contributed by atoms with E-state index in [1.54, 1.807) is 0 Å². The van der Waals surface area contributed by atoms with Crippen molar-refractivity contribution in [1.82, 2.24) is 0 Å². The number of aryl methyl sites for hydroxylation is 2. The fourth-order valence-electron chi connectivity index (χ4n) is 1.35. The third kappa shape index (κ3) is 5.01. The van der Waals surface area contributed by atoms with E-state index in [0.717, 1.165) is 6.42 Å². The minimum Gasteiger partial charge on any atom is -0.542 e. The van der Waals surface area contributed by atoms with Crippen molar-refractivity contribution in [2.24, 2.45) is 7.05 Å². The molecule has 0 aliphatic carbocycles. The molecule has 18 heavy (non-hydrogen) atoms. The first-order valence-corrected chi connectivity index (χ1v) is 5.49. The van der Waals surface area contributed by atoms with Crippen LogP contribution in [0.25, 0.3) is 0 Å². The van der Waals surface area contributed by atoms with Crippen molar-refractivity contribution in [3.05, 3.63) is 41.4 Å². The Morgan fingerprint density at radius 3 is 1.78 bits per heavy atom. The summed E-state index contributed by atoms with van der Waals surface area (Å²) in [6.07, 6.45) is 7.02. The Morgan fingerprint density at radius 2 is 1.56 bits per heavy atom. The van der Waals surface area contributed by atoms with Gasteiger partial charge < -0.3 is 10.7 Å². The van der Waals surface area contributed by atoms with Gasteiger partial charge in [0.25, 0.3) is 0 Å². The van der Waals surface area contributed by atoms with Crippen LogP contribution in [0.1, 0.15) is 24.7 Å². The van der Waals surface area contributed by atoms with Crippen molar-refractivity contribution in [3.63, 3.8) is 0 Å². The number of pyridine rings is 1. The van der Waals surface area contributed by atoms with Gasteiger partial charge in [-0.05, 0) is 12.3 Å². The summed E-state index contributed by atoms with van der Waals surface area (Å²) in [4.78, 5) is 0. The normalized spacial score (nSPS) is 12.3. The molecule has 97 valence electrons. The number of allylic oxidation sites excluding steroid dienone is 2. The molecular weight excluding hydrogens is 566 g/mol. The van der Waals surface area contributed by atoms with E-state index in [2.05, 4.69) is 56.0 Å². The summed E-state index contributed by atoms with van der Waals surface area (Å²) in [6, 6.07) is 6.28. The summed E-state index contributed by atoms with van der Waals surface area (Å²) in [7, 11) is 4.06. The summed E-state index contributed by atoms with van der Waals surface area (Å²) < 4.78 is 4.12. The van der Waals surface area contributed by atoms with Gasteiger partial charge in [-0.1, -0.05) is 6.92 Å². The molecule has 0 saturated carbocycles. The van der Waals surface area contributed by atoms with Crippen LogP contribution in [0.2, 0.25) is 0 Å². The first-order chi connectivity index (χ1) is 7.52. The molecule has 1 aliphatic heterocycles. The Morgan fingerprint density at radius 1 is 1.06 bits per heavy atom. The van der Waals surface area contributed by atoms with Crippen LogP contribution in [0.5, 0.6) is 0 Å². The second-order valence-corrected chi connectivity index (χ2v) is 4.02. The van der Waals surface area contributed by atoms with Crippen LogP contribution in [-0.4, -0.2) is 17.8 Å². The molecule has 1 radical (unpaired) electrons. The van der Waals surface area contributed by atoms with E-state index in [4.69, 9.17) is 0 Å². The van der Waals surface area contributed by atoms with Gasteiger partial charge in [-0.25, -0.2) is 4.57 Å². The molecule has 1 aliphatic rings. The summed E-state index contributed by atoms with van der Waals surface area (Å²) >= 11 is 0. The van der Waals surface area contributed by atoms with Crippen LogP contribution < -0.4 is 4.57 Å². The van der Waals surface area contributed by atoms with Crippen LogP contribution >= 0.6 is 0 Å². The maximum atomic E-state index is 3.10. The molecule has 1 aromatic rings. The van der Waals surface area contributed by atoms with Crippen LogP contribution in [0.15, 0.2) is 23.9 Å². The van der Waals surface area contributed by atoms with Crippen molar-refractivity contribution in [2.75, 3.05) is 7.05 Å². The minimum atomic E-state index is 0. The molecule has 2 rings (SSSR count). The Kier molecular flexibility index (Phi) is 8.55. The first-order valence-electron chi connectivity index (χ1n) is 5.49. The van der Waals surface area contributed by atoms with Gasteiger partial charge in [-0.2, -0.15) is 6.42 Å². The minimum absolute atomic E-state index is 0. The van der Waals surface area contributed by atoms with Crippen molar-refractivity contribution in [2.45, 2.75) is 27.2 Å². The van der Waals surface area contributed by atoms with Gasteiger partial charge in [-0.15, -0.1) is 5.70 Å². The third-order valence-electron chi connectivity index (χ3n) is 2.90. The Bertz CT molecular complexity index is 403. The van der Waals surface area contributed by atoms with E-state index >= 15 is 0 Å². The van der Waals surface area contributed by atoms with Gasteiger partial charge in [0.2, 0.25) is 0 Å². The first kappa shape index (κ1) is 18.5. The van der Waals surface area contributed by atoms with Crippen molar-refractivity contribution in [3.8, 4) is 0 Å². The van der Waals surface area contributed by atoms with Crippen molar-refractivity contribution < 1.29 is 28.6 Å². The average molecular weight is 586 g/mol. The van der Waals surface area contributed by atoms with Crippen LogP contribution in [0.4, 0.5) is 0 Å². The summed E-state index contributed by atoms with van der Waals surface area (Å²) in [5, 5.41) is 0. The molecule has 0 aromatic carbocycles. The van der Waals surface area contributed by atoms with Crippen molar-refractivity contribution >= 4 is 6.21 Å². The van der Waals surface area contributed by atoms with Crippen molar-refractivity contribution in [1.29, 1.82) is 0 Å². The van der Waals surface area contributed by atoms with Gasteiger partial charge in [0.1, 0.15) is 14.1 Å². The van der Waals surface area contributed by atoms with E-state index in [-0.39, 0.29) is 19.5 Å². The smallest absolute Gasteiger partial charge is 0.178 e. The molecule has 2 nitrogen and oxygen atoms in total. The maximum absolute atomic E-state index is 3.10. The fraction of sp³-hybridized carbons (Fsp3) is 0.429. The third-order valence-corrected chi connectivity index (χ3v) is 2.90. The van der Waals surface area contributed by atoms with Crippen LogP contribution in [-0.2, 0) is 26.5 Å². The van der Waals surface area contributed by atoms with E-state index in [1.165, 1.54) is 17.1 Å². The molecule has 0 amide bonds. The average Bonchev–Trinajstić information content (AvgIpc) is 2.61. The Labute approximate surface area is 117 Å². The molecule has 0 spiro atoms. The fourth-order valence-corrected chi connectivity index (χ4v) is 1.35. The van der Waals surface area contributed by atoms with Gasteiger partial charge in [0.15, 0.2) is 11.4 Å². The SMILES string of the molecule is CC1=[C-]C[C-]=[N+]1C.Cc1cccc(C)[n+]1C.[Rf].[Rh]. The second-order valence-electron chi connectivity index (χ2n) is 4.02. The second kappa shape index (κ2) is 8.30. The predicted octanol–water partition coefficient (Wildman–Crippen LogP) is 1.81. The molecule has 1 aromatic heterocycles. The van der Waals surface area contributed by atoms with Crippen LogP contribution in [0.3, 0.4) is 0 Å². The molecule has 0 bridgehead atoms. The van der Waals surface area contributed by atoms with E-state index in [1.807, 2.05) is 18.5 Å². The molecule has 0 unspecified atom stereocenters. The van der Waals surface area contributed by atoms with E-state index in [9.17, 15) is 0 Å². The molecule has 0 atom stereocenters. The van der Waals surface area contributed by atoms with Gasteiger partial charge in [0.05, 0.1) is 0 Å². The van der Waals surface area contributed by atoms with Crippen LogP contribution in [0, 0.1) is 19.9 Å². The Balaban J connectivity index is 0. The van der Waals surface area contributed by atoms with E-state index in [0.29, 0.717) is 0 Å². The molecule has 2 heterocycles. The summed E-state index contributed by atoms with van der Waals surface area (Å²) in [5.74, 6) is 0. The molecular formula is C14H20N2RfRh. The molecule has 4 heteroatoms. The number of hydrogen-bond acceptors (Lipinski definition) is 0. The molecule has 0 N–H and O–H groups in total. The largest absolute Gasteiger partial charge is 0.542 e. The van der Waals surface area contributed by atoms with Gasteiger partial charge >= 0.3 is 0 Å². The Hall–Kier alpha value is -1.82. The topological polar surface area (TPSA) is 6.89 Å². The summed E-state index contributed by atoms with van der Waals surface area (Å²) in [6.45, 7) is 6.24. The number of aromatic nitrogens is 1. The quantitative estimate of drug-likeness (QED) is 0.249. The monoisotopic (exact) mass is 586 g/mol. The molecule has 0 saturated heterocycles. The number of hydrogen-bond donors (Lipinski definition) is 0. The number of nitrogens with zero attached hydrogens (tertiary/aromatic N) is 2. The zero-order chi connectivity index (χ0) is 12.1. The number of rotatable bonds is 0. The predicted molar refractivity (Wildman–Crippen MR) is 65.3 cm³/mol. The zero-order valence-corrected chi connectivity index (χ0v) is 19.9. The van der Waals surface area contributed by atoms with E-state index < -0.39 is 0 Å². The van der Waals surface area contributed by atoms with Gasteiger partial charge in [-0.3, -0.25) is 0 Å². The molecule has 0 fully saturated rings. The zero-order valence-electron chi connectivity index (χ0n) is 11.9. The maximum Gasteiger partial charge on any atom is 0.178 e. The standard InChI is InChI=1S/C8H12N.C6H8N.Rf.Rh/c1-7-5-4-6-8(2)9(7)3;1-6-4-3-5-7(6)2;;/h4-6H,1-3H3;3H2,1-2H3;;/q+1;-1;;. The van der Waals surface area contributed by atoms with Gasteiger partial charge in [0, 0.05) is 45.5 Å². The summed E-state index contributed by atoms with van der Waals surface area (Å²) in [5.41, 5.74) is 3.78.